The van der Waals surface area contributed by atoms with E-state index in [1.54, 1.807) is 6.08 Å². The number of thiol groups is 1. The van der Waals surface area contributed by atoms with E-state index in [0.29, 0.717) is 0 Å². The zero-order valence-electron chi connectivity index (χ0n) is 6.90. The monoisotopic (exact) mass is 176 g/mol. The molecule has 0 unspecified atom stereocenters. The van der Waals surface area contributed by atoms with Gasteiger partial charge in [-0.25, -0.2) is 0 Å². The summed E-state index contributed by atoms with van der Waals surface area (Å²) in [6, 6.07) is 0. The van der Waals surface area contributed by atoms with Crippen LogP contribution in [0.15, 0.2) is 59.6 Å². The van der Waals surface area contributed by atoms with E-state index in [0.717, 1.165) is 11.3 Å². The first-order chi connectivity index (χ1) is 5.83. The maximum Gasteiger partial charge on any atom is 0.00426 e. The quantitative estimate of drug-likeness (QED) is 0.483. The molecule has 0 N–H and O–H groups in total. The Kier molecular flexibility index (Phi) is 3.68. The normalized spacial score (nSPS) is 20.1. The maximum absolute atomic E-state index is 4.28. The van der Waals surface area contributed by atoms with Crippen LogP contribution in [0.25, 0.3) is 0 Å². The van der Waals surface area contributed by atoms with Gasteiger partial charge in [-0.3, -0.25) is 0 Å². The molecule has 0 aromatic carbocycles. The third-order valence-electron chi connectivity index (χ3n) is 1.53. The van der Waals surface area contributed by atoms with Gasteiger partial charge in [0.1, 0.15) is 0 Å². The molecule has 0 aromatic rings. The van der Waals surface area contributed by atoms with Crippen LogP contribution in [0.4, 0.5) is 0 Å². The van der Waals surface area contributed by atoms with Gasteiger partial charge in [-0.05, 0) is 24.1 Å². The van der Waals surface area contributed by atoms with Gasteiger partial charge < -0.3 is 0 Å². The molecule has 0 saturated carbocycles. The fourth-order valence-corrected chi connectivity index (χ4v) is 1.27. The van der Waals surface area contributed by atoms with Gasteiger partial charge in [-0.1, -0.05) is 37.0 Å². The van der Waals surface area contributed by atoms with E-state index in [1.807, 2.05) is 24.3 Å². The van der Waals surface area contributed by atoms with E-state index in [2.05, 4.69) is 31.4 Å². The Bertz CT molecular complexity index is 277. The molecular weight excluding hydrogens is 164 g/mol. The molecule has 0 aliphatic heterocycles. The second-order valence-electron chi connectivity index (χ2n) is 2.54. The van der Waals surface area contributed by atoms with Crippen molar-refractivity contribution in [3.8, 4) is 0 Å². The second-order valence-corrected chi connectivity index (χ2v) is 3.05. The van der Waals surface area contributed by atoms with Gasteiger partial charge in [-0.2, -0.15) is 0 Å². The highest BCUT2D eigenvalue weighted by molar-refractivity contribution is 7.84. The predicted octanol–water partition coefficient (Wildman–Crippen LogP) is 3.43. The molecule has 0 spiro atoms. The third-order valence-corrected chi connectivity index (χ3v) is 1.81. The van der Waals surface area contributed by atoms with Crippen LogP contribution in [-0.4, -0.2) is 0 Å². The Morgan fingerprint density at radius 1 is 1.50 bits per heavy atom. The molecule has 1 heteroatoms. The van der Waals surface area contributed by atoms with Crippen molar-refractivity contribution < 1.29 is 0 Å². The number of allylic oxidation sites excluding steroid dienone is 8. The van der Waals surface area contributed by atoms with Crippen molar-refractivity contribution in [3.05, 3.63) is 59.6 Å². The average molecular weight is 176 g/mol. The zero-order valence-corrected chi connectivity index (χ0v) is 7.80. The average Bonchev–Trinajstić information content (AvgIpc) is 2.06. The standard InChI is InChI=1S/C11H12S/c1-2-6-11(12)9-10-7-4-3-5-8-10/h2-7,9,12H,1,8H2/b10-9-,11-6+. The van der Waals surface area contributed by atoms with E-state index in [4.69, 9.17) is 0 Å². The van der Waals surface area contributed by atoms with E-state index in [-0.39, 0.29) is 0 Å². The Morgan fingerprint density at radius 2 is 2.33 bits per heavy atom. The van der Waals surface area contributed by atoms with Gasteiger partial charge >= 0.3 is 0 Å². The van der Waals surface area contributed by atoms with Gasteiger partial charge in [0.2, 0.25) is 0 Å². The summed E-state index contributed by atoms with van der Waals surface area (Å²) in [5.74, 6) is 0. The van der Waals surface area contributed by atoms with E-state index >= 15 is 0 Å². The van der Waals surface area contributed by atoms with Crippen LogP contribution < -0.4 is 0 Å². The molecule has 0 amide bonds. The first kappa shape index (κ1) is 9.14. The van der Waals surface area contributed by atoms with Crippen LogP contribution in [0.2, 0.25) is 0 Å². The fourth-order valence-electron chi connectivity index (χ4n) is 0.996. The summed E-state index contributed by atoms with van der Waals surface area (Å²) in [4.78, 5) is 0.944. The molecule has 0 radical (unpaired) electrons. The molecular formula is C11H12S. The SMILES string of the molecule is C=C/C=C(S)\C=C1\C=CC=CC1. The summed E-state index contributed by atoms with van der Waals surface area (Å²) in [6.07, 6.45) is 14.9. The Hall–Kier alpha value is -0.950. The molecule has 0 aromatic heterocycles. The molecule has 0 nitrogen and oxygen atoms in total. The van der Waals surface area contributed by atoms with Crippen LogP contribution in [0, 0.1) is 0 Å². The molecule has 0 saturated heterocycles. The first-order valence-electron chi connectivity index (χ1n) is 3.88. The summed E-state index contributed by atoms with van der Waals surface area (Å²) in [5.41, 5.74) is 1.28. The molecule has 0 atom stereocenters. The minimum Gasteiger partial charge on any atom is -0.143 e. The Morgan fingerprint density at radius 3 is 2.92 bits per heavy atom. The van der Waals surface area contributed by atoms with Crippen molar-refractivity contribution >= 4 is 12.6 Å². The first-order valence-corrected chi connectivity index (χ1v) is 4.33. The van der Waals surface area contributed by atoms with Gasteiger partial charge in [0, 0.05) is 4.91 Å². The highest BCUT2D eigenvalue weighted by Gasteiger charge is 1.92. The zero-order chi connectivity index (χ0) is 8.81. The summed E-state index contributed by atoms with van der Waals surface area (Å²) in [6.45, 7) is 3.61. The third kappa shape index (κ3) is 2.97. The number of hydrogen-bond donors (Lipinski definition) is 1. The van der Waals surface area contributed by atoms with Gasteiger partial charge in [0.25, 0.3) is 0 Å². The largest absolute Gasteiger partial charge is 0.143 e. The van der Waals surface area contributed by atoms with Crippen molar-refractivity contribution in [1.29, 1.82) is 0 Å². The smallest absolute Gasteiger partial charge is 0.00426 e. The molecule has 0 fully saturated rings. The fraction of sp³-hybridized carbons (Fsp3) is 0.0909. The van der Waals surface area contributed by atoms with Crippen LogP contribution in [0.3, 0.4) is 0 Å². The lowest BCUT2D eigenvalue weighted by molar-refractivity contribution is 1.26. The summed E-state index contributed by atoms with van der Waals surface area (Å²) in [5, 5.41) is 0. The van der Waals surface area contributed by atoms with Crippen molar-refractivity contribution in [2.24, 2.45) is 0 Å². The number of rotatable bonds is 2. The van der Waals surface area contributed by atoms with E-state index in [9.17, 15) is 0 Å². The van der Waals surface area contributed by atoms with Gasteiger partial charge in [0.15, 0.2) is 0 Å². The lowest BCUT2D eigenvalue weighted by Crippen LogP contribution is -1.80. The molecule has 0 bridgehead atoms. The molecule has 62 valence electrons. The minimum atomic E-state index is 0.944. The van der Waals surface area contributed by atoms with Crippen molar-refractivity contribution in [1.82, 2.24) is 0 Å². The lowest BCUT2D eigenvalue weighted by Gasteiger charge is -2.00. The van der Waals surface area contributed by atoms with Gasteiger partial charge in [-0.15, -0.1) is 12.6 Å². The molecule has 1 aliphatic rings. The van der Waals surface area contributed by atoms with Crippen LogP contribution in [-0.2, 0) is 0 Å². The topological polar surface area (TPSA) is 0 Å². The van der Waals surface area contributed by atoms with Gasteiger partial charge in [0.05, 0.1) is 0 Å². The highest BCUT2D eigenvalue weighted by Crippen LogP contribution is 2.14. The van der Waals surface area contributed by atoms with Crippen molar-refractivity contribution in [2.75, 3.05) is 0 Å². The molecule has 1 aliphatic carbocycles. The Balaban J connectivity index is 2.69. The summed E-state index contributed by atoms with van der Waals surface area (Å²) in [7, 11) is 0. The Labute approximate surface area is 79.1 Å². The summed E-state index contributed by atoms with van der Waals surface area (Å²) < 4.78 is 0. The minimum absolute atomic E-state index is 0.944. The molecule has 12 heavy (non-hydrogen) atoms. The van der Waals surface area contributed by atoms with Crippen molar-refractivity contribution in [2.45, 2.75) is 6.42 Å². The predicted molar refractivity (Wildman–Crippen MR) is 58.2 cm³/mol. The summed E-state index contributed by atoms with van der Waals surface area (Å²) >= 11 is 4.28. The molecule has 0 heterocycles. The van der Waals surface area contributed by atoms with Crippen LogP contribution in [0.5, 0.6) is 0 Å². The second kappa shape index (κ2) is 4.83. The molecule has 1 rings (SSSR count). The number of hydrogen-bond acceptors (Lipinski definition) is 1. The van der Waals surface area contributed by atoms with E-state index in [1.165, 1.54) is 5.57 Å². The highest BCUT2D eigenvalue weighted by atomic mass is 32.1. The van der Waals surface area contributed by atoms with Crippen LogP contribution >= 0.6 is 12.6 Å². The van der Waals surface area contributed by atoms with Crippen molar-refractivity contribution in [3.63, 3.8) is 0 Å². The maximum atomic E-state index is 4.28. The lowest BCUT2D eigenvalue weighted by atomic mass is 10.1. The van der Waals surface area contributed by atoms with Crippen LogP contribution in [0.1, 0.15) is 6.42 Å². The van der Waals surface area contributed by atoms with E-state index < -0.39 is 0 Å².